The Bertz CT molecular complexity index is 1380. The molecule has 0 saturated heterocycles. The molecule has 0 aliphatic heterocycles. The number of hydrogen-bond donors (Lipinski definition) is 0. The summed E-state index contributed by atoms with van der Waals surface area (Å²) in [6, 6.07) is 5.52. The summed E-state index contributed by atoms with van der Waals surface area (Å²) < 4.78 is 13.0. The number of hydrogen-bond acceptors (Lipinski definition) is 7. The van der Waals surface area contributed by atoms with E-state index in [9.17, 15) is 4.79 Å². The fourth-order valence-corrected chi connectivity index (χ4v) is 3.81. The second-order valence-corrected chi connectivity index (χ2v) is 8.85. The number of pyridine rings is 2. The van der Waals surface area contributed by atoms with E-state index in [-0.39, 0.29) is 18.1 Å². The average molecular weight is 510 g/mol. The summed E-state index contributed by atoms with van der Waals surface area (Å²) in [5, 5.41) is 0. The Labute approximate surface area is 199 Å². The summed E-state index contributed by atoms with van der Waals surface area (Å²) in [7, 11) is 0. The van der Waals surface area contributed by atoms with Crippen LogP contribution < -0.4 is 10.3 Å². The van der Waals surface area contributed by atoms with E-state index in [0.29, 0.717) is 33.2 Å². The predicted molar refractivity (Wildman–Crippen MR) is 128 cm³/mol. The van der Waals surface area contributed by atoms with Gasteiger partial charge in [-0.25, -0.2) is 15.0 Å². The zero-order chi connectivity index (χ0) is 23.7. The first-order chi connectivity index (χ1) is 15.7. The highest BCUT2D eigenvalue weighted by Crippen LogP contribution is 2.27. The van der Waals surface area contributed by atoms with Crippen molar-refractivity contribution in [1.82, 2.24) is 24.5 Å². The van der Waals surface area contributed by atoms with Crippen LogP contribution in [-0.4, -0.2) is 24.5 Å². The van der Waals surface area contributed by atoms with Gasteiger partial charge in [-0.2, -0.15) is 0 Å². The monoisotopic (exact) mass is 509 g/mol. The molecule has 0 fully saturated rings. The van der Waals surface area contributed by atoms with Crippen molar-refractivity contribution in [3.05, 3.63) is 80.3 Å². The first-order valence-electron chi connectivity index (χ1n) is 10.5. The van der Waals surface area contributed by atoms with E-state index < -0.39 is 0 Å². The highest BCUT2D eigenvalue weighted by atomic mass is 79.9. The molecule has 33 heavy (non-hydrogen) atoms. The van der Waals surface area contributed by atoms with Crippen molar-refractivity contribution in [2.75, 3.05) is 0 Å². The standard InChI is InChI=1S/C24H24BrN5O3/c1-13(2)23-26-7-6-18(29-23)19-9-20(14(3)10-27-19)30-15(4)8-21(22(25)24(30)31)33-12-17-11-32-16(5)28-17/h6-11,13H,12H2,1-5H3. The lowest BCUT2D eigenvalue weighted by atomic mass is 10.1. The van der Waals surface area contributed by atoms with Crippen molar-refractivity contribution in [2.45, 2.75) is 47.1 Å². The molecular formula is C24H24BrN5O3. The van der Waals surface area contributed by atoms with Crippen LogP contribution in [0.25, 0.3) is 17.1 Å². The lowest BCUT2D eigenvalue weighted by Gasteiger charge is -2.16. The summed E-state index contributed by atoms with van der Waals surface area (Å²) >= 11 is 3.42. The number of nitrogens with zero attached hydrogens (tertiary/aromatic N) is 5. The second-order valence-electron chi connectivity index (χ2n) is 8.06. The van der Waals surface area contributed by atoms with Crippen LogP contribution in [0.4, 0.5) is 0 Å². The molecular weight excluding hydrogens is 486 g/mol. The van der Waals surface area contributed by atoms with Gasteiger partial charge in [0.25, 0.3) is 5.56 Å². The third-order valence-electron chi connectivity index (χ3n) is 5.11. The third kappa shape index (κ3) is 4.73. The van der Waals surface area contributed by atoms with Crippen LogP contribution in [0, 0.1) is 20.8 Å². The van der Waals surface area contributed by atoms with Crippen LogP contribution in [0.2, 0.25) is 0 Å². The Morgan fingerprint density at radius 2 is 1.91 bits per heavy atom. The van der Waals surface area contributed by atoms with Gasteiger partial charge < -0.3 is 9.15 Å². The lowest BCUT2D eigenvalue weighted by Crippen LogP contribution is -2.23. The molecule has 4 heterocycles. The van der Waals surface area contributed by atoms with E-state index in [1.54, 1.807) is 23.9 Å². The van der Waals surface area contributed by atoms with Gasteiger partial charge in [0.2, 0.25) is 0 Å². The van der Waals surface area contributed by atoms with Crippen LogP contribution >= 0.6 is 15.9 Å². The van der Waals surface area contributed by atoms with Crippen LogP contribution in [0.5, 0.6) is 5.75 Å². The number of aromatic nitrogens is 5. The Morgan fingerprint density at radius 3 is 2.61 bits per heavy atom. The minimum Gasteiger partial charge on any atom is -0.486 e. The number of aryl methyl sites for hydroxylation is 3. The molecule has 0 aliphatic carbocycles. The summed E-state index contributed by atoms with van der Waals surface area (Å²) in [6.45, 7) is 9.83. The van der Waals surface area contributed by atoms with Gasteiger partial charge in [0.1, 0.15) is 34.6 Å². The van der Waals surface area contributed by atoms with Crippen LogP contribution in [0.15, 0.2) is 50.5 Å². The van der Waals surface area contributed by atoms with E-state index in [1.165, 1.54) is 6.26 Å². The Hall–Kier alpha value is -3.33. The molecule has 8 nitrogen and oxygen atoms in total. The molecule has 0 spiro atoms. The Kier molecular flexibility index (Phi) is 6.42. The molecule has 4 aromatic heterocycles. The second kappa shape index (κ2) is 9.27. The molecule has 0 N–H and O–H groups in total. The molecule has 0 bridgehead atoms. The smallest absolute Gasteiger partial charge is 0.273 e. The number of ether oxygens (including phenoxy) is 1. The SMILES string of the molecule is Cc1nc(COc2cc(C)n(-c3cc(-c4ccnc(C(C)C)n4)ncc3C)c(=O)c2Br)co1. The highest BCUT2D eigenvalue weighted by molar-refractivity contribution is 9.10. The van der Waals surface area contributed by atoms with Gasteiger partial charge in [-0.05, 0) is 47.5 Å². The maximum absolute atomic E-state index is 13.3. The fraction of sp³-hybridized carbons (Fsp3) is 0.292. The Morgan fingerprint density at radius 1 is 1.12 bits per heavy atom. The highest BCUT2D eigenvalue weighted by Gasteiger charge is 2.17. The number of halogens is 1. The molecule has 0 amide bonds. The normalized spacial score (nSPS) is 11.2. The van der Waals surface area contributed by atoms with E-state index >= 15 is 0 Å². The lowest BCUT2D eigenvalue weighted by molar-refractivity contribution is 0.297. The van der Waals surface area contributed by atoms with E-state index in [0.717, 1.165) is 22.8 Å². The maximum Gasteiger partial charge on any atom is 0.273 e. The van der Waals surface area contributed by atoms with Crippen molar-refractivity contribution < 1.29 is 9.15 Å². The molecule has 170 valence electrons. The molecule has 0 aromatic carbocycles. The van der Waals surface area contributed by atoms with Gasteiger partial charge in [-0.1, -0.05) is 13.8 Å². The largest absolute Gasteiger partial charge is 0.486 e. The molecule has 0 unspecified atom stereocenters. The first-order valence-corrected chi connectivity index (χ1v) is 11.3. The van der Waals surface area contributed by atoms with E-state index in [1.807, 2.05) is 45.9 Å². The van der Waals surface area contributed by atoms with Crippen LogP contribution in [0.1, 0.15) is 48.4 Å². The van der Waals surface area contributed by atoms with Gasteiger partial charge >= 0.3 is 0 Å². The molecule has 0 radical (unpaired) electrons. The molecule has 4 rings (SSSR count). The summed E-state index contributed by atoms with van der Waals surface area (Å²) in [4.78, 5) is 31.1. The van der Waals surface area contributed by atoms with Gasteiger partial charge in [0, 0.05) is 37.0 Å². The molecule has 0 aliphatic rings. The summed E-state index contributed by atoms with van der Waals surface area (Å²) in [5.41, 5.74) is 4.12. The first kappa shape index (κ1) is 22.8. The molecule has 0 atom stereocenters. The predicted octanol–water partition coefficient (Wildman–Crippen LogP) is 5.07. The zero-order valence-corrected chi connectivity index (χ0v) is 20.7. The van der Waals surface area contributed by atoms with Crippen molar-refractivity contribution in [1.29, 1.82) is 0 Å². The van der Waals surface area contributed by atoms with Gasteiger partial charge in [-0.3, -0.25) is 14.3 Å². The number of rotatable bonds is 6. The van der Waals surface area contributed by atoms with Gasteiger partial charge in [0.05, 0.1) is 17.1 Å². The summed E-state index contributed by atoms with van der Waals surface area (Å²) in [6.07, 6.45) is 5.02. The van der Waals surface area contributed by atoms with Crippen molar-refractivity contribution in [3.8, 4) is 22.8 Å². The van der Waals surface area contributed by atoms with Crippen molar-refractivity contribution >= 4 is 15.9 Å². The Balaban J connectivity index is 1.73. The molecule has 0 saturated carbocycles. The zero-order valence-electron chi connectivity index (χ0n) is 19.1. The van der Waals surface area contributed by atoms with Crippen LogP contribution in [0.3, 0.4) is 0 Å². The van der Waals surface area contributed by atoms with E-state index in [2.05, 4.69) is 35.9 Å². The maximum atomic E-state index is 13.3. The average Bonchev–Trinajstić information content (AvgIpc) is 3.21. The topological polar surface area (TPSA) is 95.9 Å². The van der Waals surface area contributed by atoms with E-state index in [4.69, 9.17) is 9.15 Å². The fourth-order valence-electron chi connectivity index (χ4n) is 3.40. The molecule has 4 aromatic rings. The van der Waals surface area contributed by atoms with Gasteiger partial charge in [0.15, 0.2) is 5.89 Å². The quantitative estimate of drug-likeness (QED) is 0.358. The molecule has 9 heteroatoms. The minimum absolute atomic E-state index is 0.198. The van der Waals surface area contributed by atoms with Crippen molar-refractivity contribution in [2.24, 2.45) is 0 Å². The summed E-state index contributed by atoms with van der Waals surface area (Å²) in [5.74, 6) is 1.95. The third-order valence-corrected chi connectivity index (χ3v) is 5.84. The van der Waals surface area contributed by atoms with Crippen LogP contribution in [-0.2, 0) is 6.61 Å². The van der Waals surface area contributed by atoms with Crippen molar-refractivity contribution in [3.63, 3.8) is 0 Å². The number of oxazole rings is 1. The van der Waals surface area contributed by atoms with Gasteiger partial charge in [-0.15, -0.1) is 0 Å². The minimum atomic E-state index is -0.229.